The molecule has 0 unspecified atom stereocenters. The number of halogens is 2. The van der Waals surface area contributed by atoms with Crippen molar-refractivity contribution in [2.45, 2.75) is 52.9 Å². The Hall–Kier alpha value is -7.01. The number of carbonyl (C=O) groups is 5. The molecule has 4 aromatic rings. The zero-order valence-electron chi connectivity index (χ0n) is 43.0. The number of alkyl halides is 1. The van der Waals surface area contributed by atoms with Crippen molar-refractivity contribution in [3.8, 4) is 11.1 Å². The van der Waals surface area contributed by atoms with Gasteiger partial charge in [-0.15, -0.1) is 11.6 Å². The normalized spacial score (nSPS) is 15.4. The number of rotatable bonds is 17. The second kappa shape index (κ2) is 29.6. The summed E-state index contributed by atoms with van der Waals surface area (Å²) in [4.78, 5) is 79.1. The first kappa shape index (κ1) is 57.9. The molecule has 3 aliphatic rings. The van der Waals surface area contributed by atoms with Crippen molar-refractivity contribution in [2.24, 2.45) is 17.4 Å². The number of benzene rings is 3. The summed E-state index contributed by atoms with van der Waals surface area (Å²) in [7, 11) is 0. The monoisotopic (exact) mass is 1030 g/mol. The van der Waals surface area contributed by atoms with E-state index < -0.39 is 23.5 Å². The van der Waals surface area contributed by atoms with Crippen molar-refractivity contribution < 1.29 is 28.4 Å². The number of hydrogen-bond donors (Lipinski definition) is 4. The molecule has 3 fully saturated rings. The van der Waals surface area contributed by atoms with Gasteiger partial charge >= 0.3 is 0 Å². The summed E-state index contributed by atoms with van der Waals surface area (Å²) in [5, 5.41) is 11.4. The summed E-state index contributed by atoms with van der Waals surface area (Å²) < 4.78 is 15.0. The minimum Gasteiger partial charge on any atom is -0.405 e. The van der Waals surface area contributed by atoms with Crippen molar-refractivity contribution in [1.82, 2.24) is 29.5 Å². The van der Waals surface area contributed by atoms with Gasteiger partial charge in [0.05, 0.1) is 17.8 Å². The topological polar surface area (TPSA) is 202 Å². The average Bonchev–Trinajstić information content (AvgIpc) is 3.43. The Bertz CT molecular complexity index is 2640. The fourth-order valence-electron chi connectivity index (χ4n) is 9.08. The Morgan fingerprint density at radius 1 is 0.784 bits per heavy atom. The average molecular weight is 1030 g/mol. The molecule has 394 valence electrons. The number of allylic oxidation sites excluding steroid dienone is 4. The molecule has 0 radical (unpaired) electrons. The van der Waals surface area contributed by atoms with Gasteiger partial charge in [0, 0.05) is 93.9 Å². The van der Waals surface area contributed by atoms with Crippen LogP contribution in [0.25, 0.3) is 11.1 Å². The molecule has 3 aromatic carbocycles. The molecule has 15 nitrogen and oxygen atoms in total. The van der Waals surface area contributed by atoms with Gasteiger partial charge in [-0.1, -0.05) is 100 Å². The fourth-order valence-corrected chi connectivity index (χ4v) is 9.14. The van der Waals surface area contributed by atoms with Gasteiger partial charge < -0.3 is 36.9 Å². The molecule has 0 aliphatic carbocycles. The van der Waals surface area contributed by atoms with Crippen molar-refractivity contribution in [2.75, 3.05) is 89.7 Å². The Morgan fingerprint density at radius 3 is 2.09 bits per heavy atom. The Kier molecular flexibility index (Phi) is 23.2. The predicted molar refractivity (Wildman–Crippen MR) is 293 cm³/mol. The van der Waals surface area contributed by atoms with Gasteiger partial charge in [0.15, 0.2) is 5.69 Å². The molecule has 4 heterocycles. The molecule has 17 heteroatoms. The third-order valence-corrected chi connectivity index (χ3v) is 13.4. The number of piperazine rings is 2. The molecule has 74 heavy (non-hydrogen) atoms. The van der Waals surface area contributed by atoms with E-state index in [1.807, 2.05) is 44.2 Å². The number of primary amides is 1. The van der Waals surface area contributed by atoms with E-state index >= 15 is 0 Å². The number of carbonyl (C=O) groups excluding carboxylic acids is 5. The van der Waals surface area contributed by atoms with Gasteiger partial charge in [0.2, 0.25) is 17.7 Å². The van der Waals surface area contributed by atoms with E-state index in [0.29, 0.717) is 55.5 Å². The van der Waals surface area contributed by atoms with E-state index in [9.17, 15) is 28.4 Å². The number of amides is 5. The molecule has 1 aromatic heterocycles. The third kappa shape index (κ3) is 16.5. The summed E-state index contributed by atoms with van der Waals surface area (Å²) >= 11 is 5.82. The molecule has 0 saturated carbocycles. The molecular formula is C57H72ClFN10O5. The van der Waals surface area contributed by atoms with Crippen molar-refractivity contribution >= 4 is 52.5 Å². The lowest BCUT2D eigenvalue weighted by atomic mass is 9.96. The number of hydrogen-bond acceptors (Lipinski definition) is 10. The zero-order valence-corrected chi connectivity index (χ0v) is 43.8. The Balaban J connectivity index is 0.000000926. The van der Waals surface area contributed by atoms with Crippen LogP contribution in [0.5, 0.6) is 0 Å². The van der Waals surface area contributed by atoms with Gasteiger partial charge in [-0.25, -0.2) is 9.37 Å². The first-order valence-electron chi connectivity index (χ1n) is 25.5. The number of likely N-dealkylation sites (tertiary alicyclic amines) is 1. The van der Waals surface area contributed by atoms with Crippen LogP contribution < -0.4 is 16.8 Å². The van der Waals surface area contributed by atoms with Crippen LogP contribution in [0.4, 0.5) is 10.1 Å². The Morgan fingerprint density at radius 2 is 1.45 bits per heavy atom. The van der Waals surface area contributed by atoms with E-state index in [4.69, 9.17) is 28.5 Å². The SMILES string of the molecule is C=C/C=C\C/C=C/N.CC.CCc1cccc(-c2cnc(C(=O)N3CCN(CC4CCN(CC(=O)N5CCN(C(=O)c6cc(CC(=N)c7ccccc7C(N)=O)ccc6F)CC5)CC4)CC3)c(NC(=O)CCl)c2)c1. The summed E-state index contributed by atoms with van der Waals surface area (Å²) in [5.74, 6) is -2.18. The van der Waals surface area contributed by atoms with Gasteiger partial charge in [0.1, 0.15) is 11.7 Å². The maximum absolute atomic E-state index is 15.0. The van der Waals surface area contributed by atoms with Crippen LogP contribution in [0.15, 0.2) is 116 Å². The number of nitrogens with zero attached hydrogens (tertiary/aromatic N) is 6. The number of nitrogens with one attached hydrogen (secondary N) is 2. The number of aryl methyl sites for hydroxylation is 1. The van der Waals surface area contributed by atoms with Crippen LogP contribution in [0.2, 0.25) is 0 Å². The minimum atomic E-state index is -0.661. The fraction of sp³-hybridized carbons (Fsp3) is 0.386. The van der Waals surface area contributed by atoms with Crippen molar-refractivity contribution in [1.29, 1.82) is 5.41 Å². The van der Waals surface area contributed by atoms with Gasteiger partial charge in [-0.05, 0) is 91.8 Å². The molecule has 3 aliphatic heterocycles. The highest BCUT2D eigenvalue weighted by atomic mass is 35.5. The predicted octanol–water partition coefficient (Wildman–Crippen LogP) is 7.41. The van der Waals surface area contributed by atoms with Crippen LogP contribution in [-0.4, -0.2) is 149 Å². The van der Waals surface area contributed by atoms with E-state index in [1.165, 1.54) is 30.0 Å². The molecule has 3 saturated heterocycles. The van der Waals surface area contributed by atoms with Gasteiger partial charge in [-0.2, -0.15) is 0 Å². The second-order valence-corrected chi connectivity index (χ2v) is 18.3. The summed E-state index contributed by atoms with van der Waals surface area (Å²) in [6.45, 7) is 16.2. The molecule has 7 rings (SSSR count). The Labute approximate surface area is 440 Å². The lowest BCUT2D eigenvalue weighted by Crippen LogP contribution is -2.53. The zero-order chi connectivity index (χ0) is 53.6. The second-order valence-electron chi connectivity index (χ2n) is 18.0. The number of nitrogens with two attached hydrogens (primary N) is 2. The molecule has 6 N–H and O–H groups in total. The maximum Gasteiger partial charge on any atom is 0.274 e. The quantitative estimate of drug-likeness (QED) is 0.0472. The molecular weight excluding hydrogens is 959 g/mol. The first-order valence-corrected chi connectivity index (χ1v) is 26.0. The van der Waals surface area contributed by atoms with Gasteiger partial charge in [0.25, 0.3) is 11.8 Å². The van der Waals surface area contributed by atoms with Crippen molar-refractivity contribution in [3.63, 3.8) is 0 Å². The summed E-state index contributed by atoms with van der Waals surface area (Å²) in [6.07, 6.45) is 14.5. The number of anilines is 1. The smallest absolute Gasteiger partial charge is 0.274 e. The highest BCUT2D eigenvalue weighted by Gasteiger charge is 2.31. The molecule has 0 atom stereocenters. The standard InChI is InChI=1S/C48H55ClFN9O5.C7H11N.C2H6/c1-2-32-6-5-7-35(24-32)36-27-42(54-43(60)28-49)45(53-29-36)48(64)59-18-16-56(17-19-59)30-33-12-14-55(15-13-33)31-44(61)57-20-22-58(23-21-57)47(63)39-25-34(10-11-40(39)50)26-41(51)37-8-3-4-9-38(37)46(52)62;1-2-3-4-5-6-7-8;1-2/h3-11,24-25,27,29,33,51H,2,12-23,26,28,30-31H2,1H3,(H2,52,62)(H,54,60);2-4,6-7H,1,5,8H2;1-2H3/b;4-3-,7-6+;. The van der Waals surface area contributed by atoms with Crippen LogP contribution in [0, 0.1) is 17.1 Å². The molecule has 5 amide bonds. The number of piperidine rings is 1. The maximum atomic E-state index is 15.0. The van der Waals surface area contributed by atoms with Crippen LogP contribution in [-0.2, 0) is 22.4 Å². The van der Waals surface area contributed by atoms with E-state index in [1.54, 1.807) is 57.3 Å². The number of aromatic nitrogens is 1. The van der Waals surface area contributed by atoms with E-state index in [0.717, 1.165) is 69.5 Å². The van der Waals surface area contributed by atoms with Crippen LogP contribution in [0.1, 0.15) is 87.9 Å². The third-order valence-electron chi connectivity index (χ3n) is 13.2. The van der Waals surface area contributed by atoms with Crippen LogP contribution >= 0.6 is 11.6 Å². The largest absolute Gasteiger partial charge is 0.405 e. The highest BCUT2D eigenvalue weighted by molar-refractivity contribution is 6.29. The number of pyridine rings is 1. The van der Waals surface area contributed by atoms with E-state index in [-0.39, 0.29) is 59.7 Å². The highest BCUT2D eigenvalue weighted by Crippen LogP contribution is 2.27. The van der Waals surface area contributed by atoms with Crippen molar-refractivity contribution in [3.05, 3.63) is 155 Å². The molecule has 0 spiro atoms. The lowest BCUT2D eigenvalue weighted by Gasteiger charge is -2.39. The first-order chi connectivity index (χ1) is 35.8. The van der Waals surface area contributed by atoms with E-state index in [2.05, 4.69) is 45.7 Å². The summed E-state index contributed by atoms with van der Waals surface area (Å²) in [5.41, 5.74) is 15.2. The van der Waals surface area contributed by atoms with Crippen LogP contribution in [0.3, 0.4) is 0 Å². The minimum absolute atomic E-state index is 0.00878. The van der Waals surface area contributed by atoms with Gasteiger partial charge in [-0.3, -0.25) is 33.8 Å². The lowest BCUT2D eigenvalue weighted by molar-refractivity contribution is -0.134. The summed E-state index contributed by atoms with van der Waals surface area (Å²) in [6, 6.07) is 20.6. The molecule has 0 bridgehead atoms.